The molecule has 33 heavy (non-hydrogen) atoms. The summed E-state index contributed by atoms with van der Waals surface area (Å²) < 4.78 is 2.62. The van der Waals surface area contributed by atoms with Crippen LogP contribution in [0.3, 0.4) is 0 Å². The van der Waals surface area contributed by atoms with Crippen molar-refractivity contribution < 1.29 is 19.2 Å². The van der Waals surface area contributed by atoms with Crippen molar-refractivity contribution in [3.63, 3.8) is 0 Å². The van der Waals surface area contributed by atoms with Gasteiger partial charge in [-0.3, -0.25) is 9.59 Å². The van der Waals surface area contributed by atoms with Crippen molar-refractivity contribution in [1.82, 2.24) is 4.72 Å². The molecular formula is C27H31NO4S. The van der Waals surface area contributed by atoms with Crippen molar-refractivity contribution in [3.8, 4) is 0 Å². The van der Waals surface area contributed by atoms with E-state index in [1.54, 1.807) is 0 Å². The zero-order chi connectivity index (χ0) is 24.5. The lowest BCUT2D eigenvalue weighted by Crippen LogP contribution is -2.13. The summed E-state index contributed by atoms with van der Waals surface area (Å²) in [5.41, 5.74) is 3.87. The van der Waals surface area contributed by atoms with Crippen LogP contribution in [-0.2, 0) is 38.4 Å². The van der Waals surface area contributed by atoms with Gasteiger partial charge in [0.15, 0.2) is 0 Å². The maximum Gasteiger partial charge on any atom is 0.373 e. The average molecular weight is 466 g/mol. The Morgan fingerprint density at radius 2 is 1.45 bits per heavy atom. The van der Waals surface area contributed by atoms with E-state index in [2.05, 4.69) is 54.1 Å². The van der Waals surface area contributed by atoms with Gasteiger partial charge in [0, 0.05) is 25.5 Å². The van der Waals surface area contributed by atoms with Crippen LogP contribution in [0.1, 0.15) is 43.4 Å². The van der Waals surface area contributed by atoms with E-state index >= 15 is 0 Å². The Bertz CT molecular complexity index is 1020. The van der Waals surface area contributed by atoms with Gasteiger partial charge in [-0.05, 0) is 40.3 Å². The Labute approximate surface area is 200 Å². The van der Waals surface area contributed by atoms with E-state index in [1.165, 1.54) is 39.4 Å². The molecule has 0 atom stereocenters. The Kier molecular flexibility index (Phi) is 13.9. The van der Waals surface area contributed by atoms with Gasteiger partial charge in [-0.2, -0.15) is 9.59 Å². The Hall–Kier alpha value is -3.21. The third-order valence-electron chi connectivity index (χ3n) is 4.85. The number of rotatable bonds is 4. The molecule has 0 unspecified atom stereocenters. The Morgan fingerprint density at radius 3 is 2.00 bits per heavy atom. The largest absolute Gasteiger partial charge is 0.373 e. The fraction of sp³-hybridized carbons (Fsp3) is 0.296. The van der Waals surface area contributed by atoms with E-state index < -0.39 is 0 Å². The number of hydrogen-bond acceptors (Lipinski definition) is 5. The second-order valence-electron chi connectivity index (χ2n) is 7.22. The predicted molar refractivity (Wildman–Crippen MR) is 134 cm³/mol. The van der Waals surface area contributed by atoms with Gasteiger partial charge in [0.2, 0.25) is 5.91 Å². The molecule has 0 fully saturated rings. The van der Waals surface area contributed by atoms with Gasteiger partial charge in [0.05, 0.1) is 0 Å². The zero-order valence-corrected chi connectivity index (χ0v) is 20.2. The van der Waals surface area contributed by atoms with Crippen molar-refractivity contribution in [1.29, 1.82) is 0 Å². The molecule has 0 spiro atoms. The van der Waals surface area contributed by atoms with E-state index in [4.69, 9.17) is 9.59 Å². The van der Waals surface area contributed by atoms with E-state index in [-0.39, 0.29) is 12.1 Å². The first kappa shape index (κ1) is 27.8. The lowest BCUT2D eigenvalue weighted by molar-refractivity contribution is -0.191. The highest BCUT2D eigenvalue weighted by molar-refractivity contribution is 7.97. The van der Waals surface area contributed by atoms with Crippen LogP contribution < -0.4 is 4.72 Å². The van der Waals surface area contributed by atoms with Crippen molar-refractivity contribution in [2.75, 3.05) is 6.26 Å². The van der Waals surface area contributed by atoms with Crippen LogP contribution in [0, 0.1) is 0 Å². The van der Waals surface area contributed by atoms with Gasteiger partial charge in [0.1, 0.15) is 5.78 Å². The van der Waals surface area contributed by atoms with Gasteiger partial charge in [-0.15, -0.1) is 0 Å². The second-order valence-corrected chi connectivity index (χ2v) is 7.83. The molecular weight excluding hydrogens is 434 g/mol. The summed E-state index contributed by atoms with van der Waals surface area (Å²) >= 11 is 1.35. The van der Waals surface area contributed by atoms with E-state index in [9.17, 15) is 9.59 Å². The molecule has 3 aromatic carbocycles. The molecule has 1 aliphatic carbocycles. The van der Waals surface area contributed by atoms with E-state index in [0.717, 1.165) is 12.8 Å². The van der Waals surface area contributed by atoms with Gasteiger partial charge in [-0.1, -0.05) is 92.5 Å². The average Bonchev–Trinajstić information content (AvgIpc) is 3.20. The summed E-state index contributed by atoms with van der Waals surface area (Å²) in [5.74, 6) is 0.473. The number of ketones is 1. The van der Waals surface area contributed by atoms with Crippen molar-refractivity contribution in [3.05, 3.63) is 83.4 Å². The number of Topliss-reactive ketones (excluding diaryl/α,β-unsaturated/α-hetero) is 1. The number of carbonyl (C=O) groups is 2. The summed E-state index contributed by atoms with van der Waals surface area (Å²) in [7, 11) is 0. The molecule has 6 heteroatoms. The number of fused-ring (bicyclic) bond motifs is 2. The molecule has 0 heterocycles. The second kappa shape index (κ2) is 16.4. The quantitative estimate of drug-likeness (QED) is 0.525. The molecule has 1 N–H and O–H groups in total. The van der Waals surface area contributed by atoms with Crippen molar-refractivity contribution in [2.45, 2.75) is 46.0 Å². The Morgan fingerprint density at radius 1 is 0.909 bits per heavy atom. The normalized spacial score (nSPS) is 10.8. The van der Waals surface area contributed by atoms with Crippen LogP contribution in [0.15, 0.2) is 66.7 Å². The molecule has 1 amide bonds. The topological polar surface area (TPSA) is 80.3 Å². The van der Waals surface area contributed by atoms with Gasteiger partial charge >= 0.3 is 6.15 Å². The fourth-order valence-corrected chi connectivity index (χ4v) is 3.71. The molecule has 0 saturated heterocycles. The van der Waals surface area contributed by atoms with Crippen LogP contribution in [0.2, 0.25) is 0 Å². The number of benzene rings is 3. The lowest BCUT2D eigenvalue weighted by atomic mass is 10.0. The minimum Gasteiger partial charge on any atom is -0.300 e. The monoisotopic (exact) mass is 465 g/mol. The maximum atomic E-state index is 10.9. The van der Waals surface area contributed by atoms with Crippen molar-refractivity contribution in [2.24, 2.45) is 0 Å². The van der Waals surface area contributed by atoms with Crippen LogP contribution in [0.5, 0.6) is 0 Å². The summed E-state index contributed by atoms with van der Waals surface area (Å²) in [6.07, 6.45) is 6.06. The minimum atomic E-state index is 0.125. The summed E-state index contributed by atoms with van der Waals surface area (Å²) in [4.78, 5) is 37.7. The Balaban J connectivity index is 0.000000238. The zero-order valence-electron chi connectivity index (χ0n) is 19.4. The van der Waals surface area contributed by atoms with Crippen LogP contribution >= 0.6 is 11.9 Å². The third-order valence-corrected chi connectivity index (χ3v) is 5.28. The first-order valence-corrected chi connectivity index (χ1v) is 12.1. The number of hydrogen-bond donors (Lipinski definition) is 1. The first-order chi connectivity index (χ1) is 16.0. The van der Waals surface area contributed by atoms with Gasteiger partial charge in [0.25, 0.3) is 0 Å². The number of amides is 1. The smallest absolute Gasteiger partial charge is 0.300 e. The summed E-state index contributed by atoms with van der Waals surface area (Å²) in [6.45, 7) is 4.18. The number of carbonyl (C=O) groups excluding carboxylic acids is 4. The molecule has 0 saturated carbocycles. The summed E-state index contributed by atoms with van der Waals surface area (Å²) in [5, 5.41) is 2.74. The van der Waals surface area contributed by atoms with Gasteiger partial charge in [-0.25, -0.2) is 0 Å². The summed E-state index contributed by atoms with van der Waals surface area (Å²) in [6, 6.07) is 23.0. The SMILES string of the molecule is CCCC(=O)NSC.CCc1cccc2ccccc12.O=C1Cc2ccccc2C1.O=C=O. The first-order valence-electron chi connectivity index (χ1n) is 10.9. The molecule has 3 aromatic rings. The predicted octanol–water partition coefficient (Wildman–Crippen LogP) is 5.35. The molecule has 0 aromatic heterocycles. The highest BCUT2D eigenvalue weighted by Crippen LogP contribution is 2.19. The molecule has 1 aliphatic rings. The highest BCUT2D eigenvalue weighted by Gasteiger charge is 2.16. The lowest BCUT2D eigenvalue weighted by Gasteiger charge is -2.02. The maximum absolute atomic E-state index is 10.9. The van der Waals surface area contributed by atoms with Crippen molar-refractivity contribution >= 4 is 40.6 Å². The molecule has 4 rings (SSSR count). The molecule has 0 bridgehead atoms. The minimum absolute atomic E-state index is 0.125. The molecule has 5 nitrogen and oxygen atoms in total. The third kappa shape index (κ3) is 10.3. The highest BCUT2D eigenvalue weighted by atomic mass is 32.2. The van der Waals surface area contributed by atoms with E-state index in [1.807, 2.05) is 37.4 Å². The van der Waals surface area contributed by atoms with Gasteiger partial charge < -0.3 is 4.72 Å². The fourth-order valence-electron chi connectivity index (χ4n) is 3.38. The van der Waals surface area contributed by atoms with Crippen LogP contribution in [-0.4, -0.2) is 24.1 Å². The molecule has 0 radical (unpaired) electrons. The molecule has 174 valence electrons. The number of nitrogens with one attached hydrogen (secondary N) is 1. The number of aryl methyl sites for hydroxylation is 1. The van der Waals surface area contributed by atoms with Crippen LogP contribution in [0.25, 0.3) is 10.8 Å². The van der Waals surface area contributed by atoms with E-state index in [0.29, 0.717) is 25.0 Å². The standard InChI is InChI=1S/C12H12.C9H8O.C5H11NOS.CO2/c1-2-10-7-5-8-11-6-3-4-9-12(10)11;10-9-5-7-3-1-2-4-8(7)6-9;1-3-4-5(7)6-8-2;2-1-3/h3-9H,2H2,1H3;1-4H,5-6H2;3-4H2,1-2H3,(H,6,7);. The molecule has 0 aliphatic heterocycles. The van der Waals surface area contributed by atoms with Crippen LogP contribution in [0.4, 0.5) is 0 Å².